The lowest BCUT2D eigenvalue weighted by atomic mass is 10.2. The number of nitrogens with one attached hydrogen (secondary N) is 1. The molecule has 9 nitrogen and oxygen atoms in total. The number of pyridine rings is 1. The summed E-state index contributed by atoms with van der Waals surface area (Å²) in [5.41, 5.74) is 0.813. The molecule has 2 aromatic heterocycles. The highest BCUT2D eigenvalue weighted by atomic mass is 16.5. The molecule has 1 N–H and O–H groups in total. The summed E-state index contributed by atoms with van der Waals surface area (Å²) in [6, 6.07) is 3.51. The zero-order chi connectivity index (χ0) is 18.8. The van der Waals surface area contributed by atoms with Crippen LogP contribution in [-0.2, 0) is 16.0 Å². The molecule has 2 amide bonds. The van der Waals surface area contributed by atoms with Crippen LogP contribution in [0.15, 0.2) is 22.9 Å². The number of hydrogen-bond acceptors (Lipinski definition) is 7. The van der Waals surface area contributed by atoms with Crippen molar-refractivity contribution in [2.45, 2.75) is 32.2 Å². The van der Waals surface area contributed by atoms with Crippen LogP contribution in [0.1, 0.15) is 25.7 Å². The summed E-state index contributed by atoms with van der Waals surface area (Å²) in [4.78, 5) is 36.6. The van der Waals surface area contributed by atoms with Gasteiger partial charge in [-0.1, -0.05) is 12.1 Å². The number of carbonyl (C=O) groups is 2. The fraction of sp³-hybridized carbons (Fsp3) is 0.500. The number of piperazine rings is 1. The number of amides is 2. The smallest absolute Gasteiger partial charge is 0.245 e. The number of carbonyl (C=O) groups excluding carboxylic acids is 2. The number of aromatic nitrogens is 3. The summed E-state index contributed by atoms with van der Waals surface area (Å²) in [6.07, 6.45) is 3.47. The van der Waals surface area contributed by atoms with Crippen LogP contribution in [0, 0.1) is 0 Å². The molecule has 0 radical (unpaired) electrons. The highest BCUT2D eigenvalue weighted by molar-refractivity contribution is 5.90. The van der Waals surface area contributed by atoms with Crippen molar-refractivity contribution >= 4 is 17.6 Å². The first kappa shape index (κ1) is 17.4. The van der Waals surface area contributed by atoms with Crippen molar-refractivity contribution in [1.82, 2.24) is 25.3 Å². The largest absolute Gasteiger partial charge is 0.353 e. The van der Waals surface area contributed by atoms with Gasteiger partial charge in [-0.15, -0.1) is 0 Å². The second-order valence-corrected chi connectivity index (χ2v) is 6.74. The standard InChI is InChI=1S/C18H22N6O3/c1-2-16-21-17(22-27-16)12-3-5-14(19-11-12)23-7-9-24(10-8-23)18(26)13-4-6-15(25)20-13/h3,5,11,13H,2,4,6-10H2,1H3,(H,20,25). The minimum absolute atomic E-state index is 0.0210. The monoisotopic (exact) mass is 370 g/mol. The molecule has 4 heterocycles. The van der Waals surface area contributed by atoms with Crippen molar-refractivity contribution < 1.29 is 14.1 Å². The average molecular weight is 370 g/mol. The molecule has 1 atom stereocenters. The van der Waals surface area contributed by atoms with E-state index in [2.05, 4.69) is 25.3 Å². The Labute approximate surface area is 156 Å². The van der Waals surface area contributed by atoms with Gasteiger partial charge in [0.15, 0.2) is 0 Å². The van der Waals surface area contributed by atoms with Crippen molar-refractivity contribution in [3.8, 4) is 11.4 Å². The minimum atomic E-state index is -0.357. The van der Waals surface area contributed by atoms with Crippen LogP contribution in [0.3, 0.4) is 0 Å². The lowest BCUT2D eigenvalue weighted by molar-refractivity contribution is -0.134. The number of hydrogen-bond donors (Lipinski definition) is 1. The van der Waals surface area contributed by atoms with Crippen LogP contribution in [0.4, 0.5) is 5.82 Å². The van der Waals surface area contributed by atoms with Gasteiger partial charge in [-0.25, -0.2) is 4.98 Å². The molecular formula is C18H22N6O3. The Kier molecular flexibility index (Phi) is 4.74. The van der Waals surface area contributed by atoms with Crippen LogP contribution in [0.25, 0.3) is 11.4 Å². The van der Waals surface area contributed by atoms with E-state index in [1.165, 1.54) is 0 Å². The molecule has 2 aromatic rings. The lowest BCUT2D eigenvalue weighted by Crippen LogP contribution is -2.53. The molecular weight excluding hydrogens is 348 g/mol. The number of anilines is 1. The Morgan fingerprint density at radius 3 is 2.70 bits per heavy atom. The molecule has 1 unspecified atom stereocenters. The van der Waals surface area contributed by atoms with Gasteiger partial charge in [0.2, 0.25) is 23.5 Å². The van der Waals surface area contributed by atoms with Crippen molar-refractivity contribution in [3.05, 3.63) is 24.2 Å². The number of rotatable bonds is 4. The molecule has 0 spiro atoms. The van der Waals surface area contributed by atoms with Gasteiger partial charge in [0.05, 0.1) is 0 Å². The quantitative estimate of drug-likeness (QED) is 0.841. The molecule has 2 aliphatic rings. The molecule has 142 valence electrons. The number of nitrogens with zero attached hydrogens (tertiary/aromatic N) is 5. The third kappa shape index (κ3) is 3.62. The number of aryl methyl sites for hydroxylation is 1. The van der Waals surface area contributed by atoms with E-state index in [1.807, 2.05) is 24.0 Å². The van der Waals surface area contributed by atoms with Crippen molar-refractivity contribution in [2.24, 2.45) is 0 Å². The van der Waals surface area contributed by atoms with Crippen LogP contribution in [-0.4, -0.2) is 64.1 Å². The molecule has 2 saturated heterocycles. The predicted octanol–water partition coefficient (Wildman–Crippen LogP) is 0.621. The lowest BCUT2D eigenvalue weighted by Gasteiger charge is -2.36. The molecule has 0 aliphatic carbocycles. The minimum Gasteiger partial charge on any atom is -0.353 e. The molecule has 2 fully saturated rings. The maximum Gasteiger partial charge on any atom is 0.245 e. The van der Waals surface area contributed by atoms with E-state index >= 15 is 0 Å². The van der Waals surface area contributed by atoms with Crippen LogP contribution >= 0.6 is 0 Å². The average Bonchev–Trinajstić information content (AvgIpc) is 3.37. The highest BCUT2D eigenvalue weighted by Gasteiger charge is 2.32. The summed E-state index contributed by atoms with van der Waals surface area (Å²) in [5, 5.41) is 6.70. The summed E-state index contributed by atoms with van der Waals surface area (Å²) in [5.74, 6) is 1.99. The fourth-order valence-corrected chi connectivity index (χ4v) is 3.40. The summed E-state index contributed by atoms with van der Waals surface area (Å²) in [7, 11) is 0. The molecule has 27 heavy (non-hydrogen) atoms. The molecule has 4 rings (SSSR count). The van der Waals surface area contributed by atoms with Crippen molar-refractivity contribution in [2.75, 3.05) is 31.1 Å². The van der Waals surface area contributed by atoms with Gasteiger partial charge in [0.25, 0.3) is 0 Å². The first-order valence-corrected chi connectivity index (χ1v) is 9.26. The Morgan fingerprint density at radius 1 is 1.30 bits per heavy atom. The Hall–Kier alpha value is -2.97. The van der Waals surface area contributed by atoms with E-state index in [0.717, 1.165) is 11.4 Å². The first-order chi connectivity index (χ1) is 13.1. The highest BCUT2D eigenvalue weighted by Crippen LogP contribution is 2.20. The van der Waals surface area contributed by atoms with E-state index in [9.17, 15) is 9.59 Å². The predicted molar refractivity (Wildman–Crippen MR) is 96.9 cm³/mol. The fourth-order valence-electron chi connectivity index (χ4n) is 3.40. The molecule has 0 saturated carbocycles. The SMILES string of the molecule is CCc1nc(-c2ccc(N3CCN(C(=O)C4CCC(=O)N4)CC3)nc2)no1. The molecule has 2 aliphatic heterocycles. The normalized spacial score (nSPS) is 20.0. The van der Waals surface area contributed by atoms with Crippen LogP contribution < -0.4 is 10.2 Å². The van der Waals surface area contributed by atoms with Crippen molar-refractivity contribution in [1.29, 1.82) is 0 Å². The summed E-state index contributed by atoms with van der Waals surface area (Å²) >= 11 is 0. The zero-order valence-electron chi connectivity index (χ0n) is 15.2. The van der Waals surface area contributed by atoms with Gasteiger partial charge in [0, 0.05) is 50.8 Å². The van der Waals surface area contributed by atoms with E-state index in [1.54, 1.807) is 6.20 Å². The molecule has 0 aromatic carbocycles. The van der Waals surface area contributed by atoms with E-state index in [4.69, 9.17) is 4.52 Å². The van der Waals surface area contributed by atoms with Gasteiger partial charge in [-0.2, -0.15) is 4.98 Å². The molecule has 9 heteroatoms. The Bertz CT molecular complexity index is 826. The third-order valence-corrected chi connectivity index (χ3v) is 4.99. The maximum atomic E-state index is 12.5. The first-order valence-electron chi connectivity index (χ1n) is 9.26. The Balaban J connectivity index is 1.35. The second kappa shape index (κ2) is 7.34. The second-order valence-electron chi connectivity index (χ2n) is 6.74. The van der Waals surface area contributed by atoms with E-state index in [0.29, 0.717) is 57.2 Å². The van der Waals surface area contributed by atoms with Crippen LogP contribution in [0.2, 0.25) is 0 Å². The van der Waals surface area contributed by atoms with Crippen LogP contribution in [0.5, 0.6) is 0 Å². The van der Waals surface area contributed by atoms with Gasteiger partial charge < -0.3 is 19.6 Å². The van der Waals surface area contributed by atoms with Gasteiger partial charge in [0.1, 0.15) is 11.9 Å². The zero-order valence-corrected chi connectivity index (χ0v) is 15.2. The summed E-state index contributed by atoms with van der Waals surface area (Å²) in [6.45, 7) is 4.63. The van der Waals surface area contributed by atoms with Gasteiger partial charge >= 0.3 is 0 Å². The van der Waals surface area contributed by atoms with Gasteiger partial charge in [-0.05, 0) is 18.6 Å². The molecule has 0 bridgehead atoms. The van der Waals surface area contributed by atoms with E-state index in [-0.39, 0.29) is 17.9 Å². The maximum absolute atomic E-state index is 12.5. The topological polar surface area (TPSA) is 104 Å². The Morgan fingerprint density at radius 2 is 2.11 bits per heavy atom. The van der Waals surface area contributed by atoms with E-state index < -0.39 is 0 Å². The summed E-state index contributed by atoms with van der Waals surface area (Å²) < 4.78 is 5.13. The van der Waals surface area contributed by atoms with Crippen molar-refractivity contribution in [3.63, 3.8) is 0 Å². The third-order valence-electron chi connectivity index (χ3n) is 4.99. The van der Waals surface area contributed by atoms with Gasteiger partial charge in [-0.3, -0.25) is 9.59 Å².